The van der Waals surface area contributed by atoms with E-state index in [4.69, 9.17) is 0 Å². The zero-order valence-corrected chi connectivity index (χ0v) is 12.3. The Bertz CT molecular complexity index is 759. The Morgan fingerprint density at radius 1 is 1.38 bits per heavy atom. The van der Waals surface area contributed by atoms with Gasteiger partial charge < -0.3 is 4.57 Å². The van der Waals surface area contributed by atoms with Crippen LogP contribution in [0.4, 0.5) is 4.39 Å². The van der Waals surface area contributed by atoms with Gasteiger partial charge in [0.15, 0.2) is 0 Å². The summed E-state index contributed by atoms with van der Waals surface area (Å²) in [6.45, 7) is 0.731. The van der Waals surface area contributed by atoms with Crippen LogP contribution in [0.1, 0.15) is 17.9 Å². The summed E-state index contributed by atoms with van der Waals surface area (Å²) in [5, 5.41) is 7.21. The van der Waals surface area contributed by atoms with Gasteiger partial charge in [-0.3, -0.25) is 0 Å². The largest absolute Gasteiger partial charge is 0.306 e. The summed E-state index contributed by atoms with van der Waals surface area (Å²) in [5.74, 6) is -0.300. The average Bonchev–Trinajstić information content (AvgIpc) is 3.07. The summed E-state index contributed by atoms with van der Waals surface area (Å²) < 4.78 is 41.0. The van der Waals surface area contributed by atoms with Gasteiger partial charge in [-0.2, -0.15) is 4.31 Å². The number of aromatic nitrogens is 3. The fraction of sp³-hybridized carbons (Fsp3) is 0.385. The first-order valence-corrected chi connectivity index (χ1v) is 8.02. The third kappa shape index (κ3) is 2.56. The zero-order chi connectivity index (χ0) is 15.0. The maximum atomic E-state index is 13.3. The van der Waals surface area contributed by atoms with Crippen LogP contribution in [0.15, 0.2) is 35.7 Å². The van der Waals surface area contributed by atoms with Crippen LogP contribution in [-0.2, 0) is 17.1 Å². The summed E-state index contributed by atoms with van der Waals surface area (Å²) >= 11 is 0. The van der Waals surface area contributed by atoms with Crippen LogP contribution in [0, 0.1) is 5.82 Å². The standard InChI is InChI=1S/C13H15FN4O2S/c1-17-9-15-16-13(17)21(19,20)18-6-5-11(8-18)10-3-2-4-12(14)7-10/h2-4,7,9,11H,5-6,8H2,1H3. The molecule has 0 bridgehead atoms. The van der Waals surface area contributed by atoms with Gasteiger partial charge in [0.1, 0.15) is 12.1 Å². The maximum absolute atomic E-state index is 13.3. The Labute approximate surface area is 122 Å². The fourth-order valence-electron chi connectivity index (χ4n) is 2.60. The van der Waals surface area contributed by atoms with Gasteiger partial charge in [-0.25, -0.2) is 12.8 Å². The van der Waals surface area contributed by atoms with Crippen LogP contribution in [-0.4, -0.2) is 40.6 Å². The van der Waals surface area contributed by atoms with Gasteiger partial charge in [0, 0.05) is 20.1 Å². The molecule has 1 aromatic heterocycles. The number of sulfonamides is 1. The quantitative estimate of drug-likeness (QED) is 0.852. The first kappa shape index (κ1) is 14.2. The Kier molecular flexibility index (Phi) is 3.50. The number of hydrogen-bond acceptors (Lipinski definition) is 4. The summed E-state index contributed by atoms with van der Waals surface area (Å²) in [4.78, 5) is 0. The summed E-state index contributed by atoms with van der Waals surface area (Å²) in [6.07, 6.45) is 2.02. The maximum Gasteiger partial charge on any atom is 0.278 e. The van der Waals surface area contributed by atoms with E-state index in [0.29, 0.717) is 19.5 Å². The van der Waals surface area contributed by atoms with Crippen LogP contribution in [0.3, 0.4) is 0 Å². The molecule has 0 radical (unpaired) electrons. The molecule has 0 spiro atoms. The van der Waals surface area contributed by atoms with Crippen molar-refractivity contribution in [3.8, 4) is 0 Å². The molecule has 0 N–H and O–H groups in total. The van der Waals surface area contributed by atoms with Gasteiger partial charge in [0.25, 0.3) is 15.2 Å². The molecule has 1 aliphatic heterocycles. The van der Waals surface area contributed by atoms with E-state index < -0.39 is 10.0 Å². The monoisotopic (exact) mass is 310 g/mol. The van der Waals surface area contributed by atoms with Crippen LogP contribution in [0.2, 0.25) is 0 Å². The van der Waals surface area contributed by atoms with Crippen LogP contribution in [0.5, 0.6) is 0 Å². The molecule has 1 atom stereocenters. The van der Waals surface area contributed by atoms with Crippen molar-refractivity contribution in [1.82, 2.24) is 19.1 Å². The van der Waals surface area contributed by atoms with E-state index in [9.17, 15) is 12.8 Å². The van der Waals surface area contributed by atoms with Gasteiger partial charge in [-0.1, -0.05) is 12.1 Å². The molecule has 6 nitrogen and oxygen atoms in total. The number of benzene rings is 1. The van der Waals surface area contributed by atoms with E-state index in [-0.39, 0.29) is 16.9 Å². The summed E-state index contributed by atoms with van der Waals surface area (Å²) in [7, 11) is -2.06. The second-order valence-corrected chi connectivity index (χ2v) is 6.96. The fourth-order valence-corrected chi connectivity index (χ4v) is 4.12. The van der Waals surface area contributed by atoms with E-state index in [1.807, 2.05) is 6.07 Å². The van der Waals surface area contributed by atoms with E-state index >= 15 is 0 Å². The van der Waals surface area contributed by atoms with Gasteiger partial charge in [0.2, 0.25) is 0 Å². The number of aryl methyl sites for hydroxylation is 1. The first-order chi connectivity index (χ1) is 9.98. The summed E-state index contributed by atoms with van der Waals surface area (Å²) in [6, 6.07) is 6.31. The lowest BCUT2D eigenvalue weighted by molar-refractivity contribution is 0.461. The third-order valence-corrected chi connectivity index (χ3v) is 5.55. The molecule has 112 valence electrons. The second-order valence-electron chi connectivity index (χ2n) is 5.13. The highest BCUT2D eigenvalue weighted by Crippen LogP contribution is 2.30. The molecule has 8 heteroatoms. The van der Waals surface area contributed by atoms with Crippen molar-refractivity contribution < 1.29 is 12.8 Å². The van der Waals surface area contributed by atoms with Crippen LogP contribution >= 0.6 is 0 Å². The first-order valence-electron chi connectivity index (χ1n) is 6.58. The highest BCUT2D eigenvalue weighted by Gasteiger charge is 2.35. The molecule has 3 rings (SSSR count). The van der Waals surface area contributed by atoms with Gasteiger partial charge in [-0.05, 0) is 30.0 Å². The Morgan fingerprint density at radius 2 is 2.19 bits per heavy atom. The SMILES string of the molecule is Cn1cnnc1S(=O)(=O)N1CCC(c2cccc(F)c2)C1. The van der Waals surface area contributed by atoms with Gasteiger partial charge >= 0.3 is 0 Å². The number of rotatable bonds is 3. The lowest BCUT2D eigenvalue weighted by atomic mass is 9.99. The molecule has 1 aliphatic rings. The van der Waals surface area contributed by atoms with Crippen molar-refractivity contribution in [2.75, 3.05) is 13.1 Å². The molecule has 1 saturated heterocycles. The molecule has 21 heavy (non-hydrogen) atoms. The number of hydrogen-bond donors (Lipinski definition) is 0. The van der Waals surface area contributed by atoms with Crippen molar-refractivity contribution in [2.45, 2.75) is 17.5 Å². The molecule has 2 aromatic rings. The topological polar surface area (TPSA) is 68.1 Å². The smallest absolute Gasteiger partial charge is 0.278 e. The van der Waals surface area contributed by atoms with Crippen molar-refractivity contribution in [2.24, 2.45) is 7.05 Å². The minimum absolute atomic E-state index is 0.00343. The predicted octanol–water partition coefficient (Wildman–Crippen LogP) is 1.13. The van der Waals surface area contributed by atoms with Crippen LogP contribution in [0.25, 0.3) is 0 Å². The lowest BCUT2D eigenvalue weighted by Gasteiger charge is -2.15. The highest BCUT2D eigenvalue weighted by atomic mass is 32.2. The third-order valence-electron chi connectivity index (χ3n) is 3.71. The van der Waals surface area contributed by atoms with E-state index in [1.54, 1.807) is 13.1 Å². The molecule has 2 heterocycles. The predicted molar refractivity (Wildman–Crippen MR) is 73.5 cm³/mol. The van der Waals surface area contributed by atoms with Crippen molar-refractivity contribution in [3.05, 3.63) is 42.0 Å². The van der Waals surface area contributed by atoms with Crippen LogP contribution < -0.4 is 0 Å². The van der Waals surface area contributed by atoms with E-state index in [2.05, 4.69) is 10.2 Å². The Hall–Kier alpha value is -1.80. The van der Waals surface area contributed by atoms with E-state index in [0.717, 1.165) is 5.56 Å². The van der Waals surface area contributed by atoms with Gasteiger partial charge in [-0.15, -0.1) is 10.2 Å². The normalized spacial score (nSPS) is 20.0. The molecule has 0 aliphatic carbocycles. The second kappa shape index (κ2) is 5.19. The molecule has 1 aromatic carbocycles. The van der Waals surface area contributed by atoms with Crippen molar-refractivity contribution in [1.29, 1.82) is 0 Å². The summed E-state index contributed by atoms with van der Waals surface area (Å²) in [5.41, 5.74) is 0.825. The molecular formula is C13H15FN4O2S. The van der Waals surface area contributed by atoms with Crippen molar-refractivity contribution in [3.63, 3.8) is 0 Å². The molecular weight excluding hydrogens is 295 g/mol. The Morgan fingerprint density at radius 3 is 2.86 bits per heavy atom. The number of halogens is 1. The minimum Gasteiger partial charge on any atom is -0.306 e. The van der Waals surface area contributed by atoms with Gasteiger partial charge in [0.05, 0.1) is 0 Å². The lowest BCUT2D eigenvalue weighted by Crippen LogP contribution is -2.30. The van der Waals surface area contributed by atoms with Crippen molar-refractivity contribution >= 4 is 10.0 Å². The zero-order valence-electron chi connectivity index (χ0n) is 11.5. The Balaban J connectivity index is 1.83. The molecule has 0 saturated carbocycles. The molecule has 1 unspecified atom stereocenters. The van der Waals surface area contributed by atoms with E-state index in [1.165, 1.54) is 27.3 Å². The highest BCUT2D eigenvalue weighted by molar-refractivity contribution is 7.89. The molecule has 1 fully saturated rings. The average molecular weight is 310 g/mol. The number of nitrogens with zero attached hydrogens (tertiary/aromatic N) is 4. The minimum atomic E-state index is -3.65. The molecule has 0 amide bonds.